The summed E-state index contributed by atoms with van der Waals surface area (Å²) >= 11 is 0. The van der Waals surface area contributed by atoms with Gasteiger partial charge in [-0.3, -0.25) is 4.79 Å². The van der Waals surface area contributed by atoms with Gasteiger partial charge in [0.1, 0.15) is 17.4 Å². The van der Waals surface area contributed by atoms with Gasteiger partial charge in [0.15, 0.2) is 0 Å². The Kier molecular flexibility index (Phi) is 5.36. The van der Waals surface area contributed by atoms with E-state index >= 15 is 0 Å². The molecule has 1 aromatic heterocycles. The first-order valence-electron chi connectivity index (χ1n) is 9.20. The van der Waals surface area contributed by atoms with Gasteiger partial charge >= 0.3 is 0 Å². The Labute approximate surface area is 160 Å². The smallest absolute Gasteiger partial charge is 0.262 e. The van der Waals surface area contributed by atoms with E-state index in [1.807, 2.05) is 57.2 Å². The predicted octanol–water partition coefficient (Wildman–Crippen LogP) is 3.92. The zero-order valence-corrected chi connectivity index (χ0v) is 16.2. The van der Waals surface area contributed by atoms with Gasteiger partial charge < -0.3 is 14.6 Å². The molecule has 0 saturated heterocycles. The summed E-state index contributed by atoms with van der Waals surface area (Å²) < 4.78 is 7.32. The molecule has 1 aliphatic rings. The Morgan fingerprint density at radius 1 is 1.33 bits per heavy atom. The maximum absolute atomic E-state index is 12.4. The highest BCUT2D eigenvalue weighted by molar-refractivity contribution is 6.02. The fourth-order valence-corrected chi connectivity index (χ4v) is 3.37. The van der Waals surface area contributed by atoms with Crippen molar-refractivity contribution in [2.75, 3.05) is 7.11 Å². The molecule has 1 unspecified atom stereocenters. The van der Waals surface area contributed by atoms with E-state index in [-0.39, 0.29) is 17.5 Å². The first kappa shape index (κ1) is 18.8. The summed E-state index contributed by atoms with van der Waals surface area (Å²) in [5.41, 5.74) is 4.03. The average Bonchev–Trinajstić information content (AvgIpc) is 3.47. The van der Waals surface area contributed by atoms with Gasteiger partial charge in [-0.05, 0) is 81.5 Å². The average molecular weight is 363 g/mol. The summed E-state index contributed by atoms with van der Waals surface area (Å²) in [5, 5.41) is 12.4. The Hall–Kier alpha value is -3.00. The molecule has 5 heteroatoms. The molecule has 1 aliphatic carbocycles. The van der Waals surface area contributed by atoms with Gasteiger partial charge in [-0.2, -0.15) is 5.26 Å². The highest BCUT2D eigenvalue weighted by atomic mass is 16.5. The van der Waals surface area contributed by atoms with E-state index in [2.05, 4.69) is 9.88 Å². The minimum Gasteiger partial charge on any atom is -0.497 e. The van der Waals surface area contributed by atoms with Crippen molar-refractivity contribution in [2.45, 2.75) is 39.7 Å². The Bertz CT molecular complexity index is 912. The lowest BCUT2D eigenvalue weighted by atomic mass is 10.1. The number of carbonyl (C=O) groups excluding carboxylic acids is 1. The van der Waals surface area contributed by atoms with E-state index in [0.29, 0.717) is 5.92 Å². The monoisotopic (exact) mass is 363 g/mol. The number of rotatable bonds is 6. The number of methoxy groups -OCH3 is 1. The molecule has 0 spiro atoms. The lowest BCUT2D eigenvalue weighted by Crippen LogP contribution is -2.34. The lowest BCUT2D eigenvalue weighted by Gasteiger charge is -2.12. The first-order valence-corrected chi connectivity index (χ1v) is 9.20. The van der Waals surface area contributed by atoms with Crippen LogP contribution in [0.1, 0.15) is 36.7 Å². The zero-order chi connectivity index (χ0) is 19.6. The highest BCUT2D eigenvalue weighted by Crippen LogP contribution is 2.32. The number of nitrogens with zero attached hydrogens (tertiary/aromatic N) is 2. The molecule has 1 fully saturated rings. The second-order valence-corrected chi connectivity index (χ2v) is 7.13. The van der Waals surface area contributed by atoms with Crippen LogP contribution in [-0.4, -0.2) is 23.6 Å². The van der Waals surface area contributed by atoms with Crippen molar-refractivity contribution in [3.8, 4) is 17.5 Å². The van der Waals surface area contributed by atoms with Gasteiger partial charge in [0.2, 0.25) is 0 Å². The van der Waals surface area contributed by atoms with Crippen LogP contribution in [0, 0.1) is 31.1 Å². The highest BCUT2D eigenvalue weighted by Gasteiger charge is 2.29. The third-order valence-electron chi connectivity index (χ3n) is 5.15. The van der Waals surface area contributed by atoms with Crippen LogP contribution in [0.4, 0.5) is 0 Å². The van der Waals surface area contributed by atoms with Crippen molar-refractivity contribution in [1.29, 1.82) is 5.26 Å². The maximum Gasteiger partial charge on any atom is 0.262 e. The van der Waals surface area contributed by atoms with Gasteiger partial charge in [-0.1, -0.05) is 0 Å². The molecule has 2 aromatic rings. The molecule has 140 valence electrons. The van der Waals surface area contributed by atoms with Gasteiger partial charge in [0.05, 0.1) is 7.11 Å². The van der Waals surface area contributed by atoms with Crippen molar-refractivity contribution in [2.24, 2.45) is 5.92 Å². The molecular formula is C22H25N3O2. The number of carbonyl (C=O) groups is 1. The summed E-state index contributed by atoms with van der Waals surface area (Å²) in [6.07, 6.45) is 3.98. The van der Waals surface area contributed by atoms with Gasteiger partial charge in [-0.25, -0.2) is 0 Å². The van der Waals surface area contributed by atoms with E-state index in [1.54, 1.807) is 13.2 Å². The number of aromatic nitrogens is 1. The standard InChI is InChI=1S/C22H25N3O2/c1-14-11-18(12-19(13-23)22(26)24-15(2)17-5-6-17)16(3)25(14)20-7-9-21(27-4)10-8-20/h7-12,15,17H,5-6H2,1-4H3,(H,24,26)/b19-12+. The van der Waals surface area contributed by atoms with Crippen LogP contribution in [0.15, 0.2) is 35.9 Å². The Balaban J connectivity index is 1.88. The van der Waals surface area contributed by atoms with Gasteiger partial charge in [0.25, 0.3) is 5.91 Å². The van der Waals surface area contributed by atoms with E-state index < -0.39 is 0 Å². The number of amides is 1. The van der Waals surface area contributed by atoms with Crippen LogP contribution in [0.5, 0.6) is 5.75 Å². The number of ether oxygens (including phenoxy) is 1. The summed E-state index contributed by atoms with van der Waals surface area (Å²) in [7, 11) is 1.64. The topological polar surface area (TPSA) is 67.0 Å². The van der Waals surface area contributed by atoms with E-state index in [9.17, 15) is 10.1 Å². The number of nitrogens with one attached hydrogen (secondary N) is 1. The predicted molar refractivity (Wildman–Crippen MR) is 106 cm³/mol. The number of hydrogen-bond donors (Lipinski definition) is 1. The summed E-state index contributed by atoms with van der Waals surface area (Å²) in [6.45, 7) is 6.00. The first-order chi connectivity index (χ1) is 12.9. The normalized spacial score (nSPS) is 15.1. The second-order valence-electron chi connectivity index (χ2n) is 7.13. The van der Waals surface area contributed by atoms with Crippen LogP contribution >= 0.6 is 0 Å². The van der Waals surface area contributed by atoms with Crippen molar-refractivity contribution in [1.82, 2.24) is 9.88 Å². The fraction of sp³-hybridized carbons (Fsp3) is 0.364. The molecule has 1 amide bonds. The van der Waals surface area contributed by atoms with Crippen LogP contribution in [0.2, 0.25) is 0 Å². The molecule has 1 heterocycles. The van der Waals surface area contributed by atoms with Crippen LogP contribution in [-0.2, 0) is 4.79 Å². The van der Waals surface area contributed by atoms with E-state index in [1.165, 1.54) is 0 Å². The molecule has 1 aromatic carbocycles. The summed E-state index contributed by atoms with van der Waals surface area (Å²) in [6, 6.07) is 12.0. The molecule has 27 heavy (non-hydrogen) atoms. The molecule has 0 aliphatic heterocycles. The molecule has 0 bridgehead atoms. The molecule has 1 saturated carbocycles. The number of hydrogen-bond acceptors (Lipinski definition) is 3. The van der Waals surface area contributed by atoms with E-state index in [0.717, 1.165) is 41.2 Å². The second kappa shape index (κ2) is 7.71. The van der Waals surface area contributed by atoms with Crippen molar-refractivity contribution >= 4 is 12.0 Å². The van der Waals surface area contributed by atoms with Crippen LogP contribution in [0.3, 0.4) is 0 Å². The molecule has 1 atom stereocenters. The molecule has 5 nitrogen and oxygen atoms in total. The zero-order valence-electron chi connectivity index (χ0n) is 16.2. The molecule has 0 radical (unpaired) electrons. The quantitative estimate of drug-likeness (QED) is 0.625. The summed E-state index contributed by atoms with van der Waals surface area (Å²) in [4.78, 5) is 12.4. The van der Waals surface area contributed by atoms with E-state index in [4.69, 9.17) is 4.74 Å². The van der Waals surface area contributed by atoms with Crippen LogP contribution < -0.4 is 10.1 Å². The van der Waals surface area contributed by atoms with Crippen molar-refractivity contribution in [3.05, 3.63) is 52.9 Å². The molecule has 1 N–H and O–H groups in total. The van der Waals surface area contributed by atoms with Gasteiger partial charge in [0, 0.05) is 23.1 Å². The number of aryl methyl sites for hydroxylation is 1. The molecule has 3 rings (SSSR count). The maximum atomic E-state index is 12.4. The van der Waals surface area contributed by atoms with Crippen molar-refractivity contribution in [3.63, 3.8) is 0 Å². The fourth-order valence-electron chi connectivity index (χ4n) is 3.37. The lowest BCUT2D eigenvalue weighted by molar-refractivity contribution is -0.117. The SMILES string of the molecule is COc1ccc(-n2c(C)cc(/C=C(\C#N)C(=O)NC(C)C3CC3)c2C)cc1. The minimum absolute atomic E-state index is 0.112. The largest absolute Gasteiger partial charge is 0.497 e. The number of nitriles is 1. The third-order valence-corrected chi connectivity index (χ3v) is 5.15. The Morgan fingerprint density at radius 2 is 2.00 bits per heavy atom. The van der Waals surface area contributed by atoms with Crippen LogP contribution in [0.25, 0.3) is 11.8 Å². The van der Waals surface area contributed by atoms with Crippen molar-refractivity contribution < 1.29 is 9.53 Å². The summed E-state index contributed by atoms with van der Waals surface area (Å²) in [5.74, 6) is 1.05. The Morgan fingerprint density at radius 3 is 2.56 bits per heavy atom. The molecular weight excluding hydrogens is 338 g/mol. The van der Waals surface area contributed by atoms with Gasteiger partial charge in [-0.15, -0.1) is 0 Å². The third kappa shape index (κ3) is 4.06. The number of benzene rings is 1. The minimum atomic E-state index is -0.300.